The number of rotatable bonds is 17. The van der Waals surface area contributed by atoms with E-state index in [1.165, 1.54) is 49.6 Å². The SMILES string of the molecule is COC(=O)N[C@H](C(=O)Cc1ccccc1S(=O)(=O)C[C@@H](CO)N(CCC(C)C)S(=O)(=O)c1ccc(N)cc1)C(c1ccccc1)c1ccccc1. The maximum Gasteiger partial charge on any atom is 0.407 e. The second-order valence-electron chi connectivity index (χ2n) is 12.6. The number of nitrogen functional groups attached to an aromatic ring is 1. The molecule has 4 aromatic rings. The van der Waals surface area contributed by atoms with Gasteiger partial charge in [-0.25, -0.2) is 21.6 Å². The van der Waals surface area contributed by atoms with Crippen LogP contribution in [0.3, 0.4) is 0 Å². The fraction of sp³-hybridized carbons (Fsp3) is 0.316. The van der Waals surface area contributed by atoms with Gasteiger partial charge in [0.05, 0.1) is 35.3 Å². The molecular formula is C38H45N3O8S2. The summed E-state index contributed by atoms with van der Waals surface area (Å²) in [6.45, 7) is 3.02. The summed E-state index contributed by atoms with van der Waals surface area (Å²) >= 11 is 0. The predicted octanol–water partition coefficient (Wildman–Crippen LogP) is 4.81. The number of ether oxygens (including phenoxy) is 1. The van der Waals surface area contributed by atoms with Gasteiger partial charge in [0.2, 0.25) is 10.0 Å². The van der Waals surface area contributed by atoms with E-state index >= 15 is 0 Å². The molecule has 1 amide bonds. The highest BCUT2D eigenvalue weighted by molar-refractivity contribution is 7.91. The molecule has 0 spiro atoms. The normalized spacial score (nSPS) is 13.2. The number of carbonyl (C=O) groups excluding carboxylic acids is 2. The van der Waals surface area contributed by atoms with E-state index < -0.39 is 62.1 Å². The number of ketones is 1. The maximum atomic E-state index is 14.3. The van der Waals surface area contributed by atoms with Gasteiger partial charge in [-0.15, -0.1) is 0 Å². The number of amides is 1. The van der Waals surface area contributed by atoms with E-state index in [9.17, 15) is 31.5 Å². The third-order valence-corrected chi connectivity index (χ3v) is 12.4. The van der Waals surface area contributed by atoms with E-state index in [-0.39, 0.29) is 34.2 Å². The van der Waals surface area contributed by atoms with Gasteiger partial charge in [-0.05, 0) is 59.4 Å². The molecule has 11 nitrogen and oxygen atoms in total. The van der Waals surface area contributed by atoms with Gasteiger partial charge in [0.25, 0.3) is 0 Å². The van der Waals surface area contributed by atoms with Crippen LogP contribution in [0.15, 0.2) is 119 Å². The number of sulfone groups is 1. The molecule has 0 radical (unpaired) electrons. The molecule has 0 aliphatic carbocycles. The summed E-state index contributed by atoms with van der Waals surface area (Å²) in [4.78, 5) is 26.6. The summed E-state index contributed by atoms with van der Waals surface area (Å²) < 4.78 is 62.0. The number of hydrogen-bond acceptors (Lipinski definition) is 9. The highest BCUT2D eigenvalue weighted by Gasteiger charge is 2.37. The number of aliphatic hydroxyl groups excluding tert-OH is 1. The Hall–Kier alpha value is -4.56. The van der Waals surface area contributed by atoms with Gasteiger partial charge in [0.15, 0.2) is 15.6 Å². The fourth-order valence-corrected chi connectivity index (χ4v) is 9.44. The van der Waals surface area contributed by atoms with Crippen LogP contribution in [0.4, 0.5) is 10.5 Å². The summed E-state index contributed by atoms with van der Waals surface area (Å²) in [6, 6.07) is 27.4. The molecule has 0 fully saturated rings. The van der Waals surface area contributed by atoms with Gasteiger partial charge in [-0.2, -0.15) is 4.31 Å². The second kappa shape index (κ2) is 17.6. The van der Waals surface area contributed by atoms with Crippen molar-refractivity contribution in [3.63, 3.8) is 0 Å². The fourth-order valence-electron chi connectivity index (χ4n) is 5.91. The Kier molecular flexibility index (Phi) is 13.5. The molecule has 0 unspecified atom stereocenters. The van der Waals surface area contributed by atoms with E-state index in [1.54, 1.807) is 6.07 Å². The lowest BCUT2D eigenvalue weighted by molar-refractivity contribution is -0.120. The Morgan fingerprint density at radius 1 is 0.824 bits per heavy atom. The highest BCUT2D eigenvalue weighted by atomic mass is 32.2. The topological polar surface area (TPSA) is 173 Å². The van der Waals surface area contributed by atoms with Crippen LogP contribution < -0.4 is 11.1 Å². The molecule has 0 aliphatic heterocycles. The van der Waals surface area contributed by atoms with Gasteiger partial charge in [0.1, 0.15) is 6.04 Å². The van der Waals surface area contributed by atoms with E-state index in [4.69, 9.17) is 10.5 Å². The molecule has 4 aromatic carbocycles. The van der Waals surface area contributed by atoms with Crippen LogP contribution in [0.2, 0.25) is 0 Å². The number of nitrogens with one attached hydrogen (secondary N) is 1. The summed E-state index contributed by atoms with van der Waals surface area (Å²) in [5.41, 5.74) is 7.78. The number of carbonyl (C=O) groups is 2. The molecule has 4 N–H and O–H groups in total. The molecular weight excluding hydrogens is 691 g/mol. The third kappa shape index (κ3) is 10.0. The number of aliphatic hydroxyl groups is 1. The van der Waals surface area contributed by atoms with Crippen molar-refractivity contribution in [2.75, 3.05) is 31.7 Å². The molecule has 0 aromatic heterocycles. The average Bonchev–Trinajstić information content (AvgIpc) is 3.11. The number of hydrogen-bond donors (Lipinski definition) is 3. The molecule has 13 heteroatoms. The minimum atomic E-state index is -4.31. The van der Waals surface area contributed by atoms with Gasteiger partial charge in [0, 0.05) is 24.6 Å². The molecule has 0 bridgehead atoms. The smallest absolute Gasteiger partial charge is 0.407 e. The first-order valence-electron chi connectivity index (χ1n) is 16.5. The summed E-state index contributed by atoms with van der Waals surface area (Å²) in [7, 11) is -7.37. The van der Waals surface area contributed by atoms with Crippen LogP contribution in [0.1, 0.15) is 42.9 Å². The highest BCUT2D eigenvalue weighted by Crippen LogP contribution is 2.31. The molecule has 4 rings (SSSR count). The Morgan fingerprint density at radius 2 is 1.37 bits per heavy atom. The lowest BCUT2D eigenvalue weighted by Gasteiger charge is -2.30. The first-order chi connectivity index (χ1) is 24.3. The lowest BCUT2D eigenvalue weighted by Crippen LogP contribution is -2.47. The number of sulfonamides is 1. The average molecular weight is 736 g/mol. The monoisotopic (exact) mass is 735 g/mol. The Morgan fingerprint density at radius 3 is 1.90 bits per heavy atom. The van der Waals surface area contributed by atoms with E-state index in [0.717, 1.165) is 15.4 Å². The number of methoxy groups -OCH3 is 1. The van der Waals surface area contributed by atoms with Gasteiger partial charge in [-0.3, -0.25) is 4.79 Å². The first kappa shape index (κ1) is 39.2. The van der Waals surface area contributed by atoms with Crippen molar-refractivity contribution in [3.05, 3.63) is 126 Å². The third-order valence-electron chi connectivity index (χ3n) is 8.57. The largest absolute Gasteiger partial charge is 0.453 e. The Labute approximate surface area is 300 Å². The van der Waals surface area contributed by atoms with Crippen molar-refractivity contribution >= 4 is 37.4 Å². The molecule has 0 saturated carbocycles. The van der Waals surface area contributed by atoms with Crippen molar-refractivity contribution in [1.29, 1.82) is 0 Å². The quantitative estimate of drug-likeness (QED) is 0.129. The van der Waals surface area contributed by atoms with E-state index in [1.807, 2.05) is 74.5 Å². The number of alkyl carbamates (subject to hydrolysis) is 1. The predicted molar refractivity (Wildman–Crippen MR) is 196 cm³/mol. The summed E-state index contributed by atoms with van der Waals surface area (Å²) in [5.74, 6) is -1.79. The zero-order valence-electron chi connectivity index (χ0n) is 28.9. The molecule has 51 heavy (non-hydrogen) atoms. The lowest BCUT2D eigenvalue weighted by atomic mass is 9.82. The van der Waals surface area contributed by atoms with Crippen molar-refractivity contribution in [2.24, 2.45) is 5.92 Å². The van der Waals surface area contributed by atoms with Crippen LogP contribution >= 0.6 is 0 Å². The molecule has 2 atom stereocenters. The van der Waals surface area contributed by atoms with Crippen LogP contribution in [-0.4, -0.2) is 76.2 Å². The van der Waals surface area contributed by atoms with E-state index in [0.29, 0.717) is 12.1 Å². The van der Waals surface area contributed by atoms with Gasteiger partial charge < -0.3 is 20.9 Å². The van der Waals surface area contributed by atoms with Crippen molar-refractivity contribution < 1.29 is 36.3 Å². The minimum absolute atomic E-state index is 0.0352. The number of anilines is 1. The Balaban J connectivity index is 1.71. The zero-order valence-corrected chi connectivity index (χ0v) is 30.5. The first-order valence-corrected chi connectivity index (χ1v) is 19.6. The van der Waals surface area contributed by atoms with Crippen molar-refractivity contribution in [1.82, 2.24) is 9.62 Å². The van der Waals surface area contributed by atoms with Crippen molar-refractivity contribution in [3.8, 4) is 0 Å². The summed E-state index contributed by atoms with van der Waals surface area (Å²) in [6.07, 6.45) is -0.806. The van der Waals surface area contributed by atoms with Crippen LogP contribution in [-0.2, 0) is 35.8 Å². The number of Topliss-reactive ketones (excluding diaryl/α,β-unsaturated/α-hetero) is 1. The van der Waals surface area contributed by atoms with Gasteiger partial charge >= 0.3 is 6.09 Å². The van der Waals surface area contributed by atoms with Gasteiger partial charge in [-0.1, -0.05) is 92.7 Å². The molecule has 0 heterocycles. The maximum absolute atomic E-state index is 14.3. The van der Waals surface area contributed by atoms with Crippen LogP contribution in [0, 0.1) is 5.92 Å². The minimum Gasteiger partial charge on any atom is -0.453 e. The Bertz CT molecular complexity index is 1930. The molecule has 0 aliphatic rings. The molecule has 0 saturated heterocycles. The molecule has 272 valence electrons. The standard InChI is InChI=1S/C38H45N3O8S2/c1-27(2)22-23-41(51(47,48)33-20-18-31(39)19-21-33)32(25-42)26-50(45,46)35-17-11-10-16-30(35)24-34(43)37(40-38(44)49-3)36(28-12-6-4-7-13-28)29-14-8-5-9-15-29/h4-21,27,32,36-37,42H,22-26,39H2,1-3H3,(H,40,44)/t32-,37-/m1/s1. The second-order valence-corrected chi connectivity index (χ2v) is 16.5. The van der Waals surface area contributed by atoms with Crippen LogP contribution in [0.25, 0.3) is 0 Å². The zero-order chi connectivity index (χ0) is 37.2. The van der Waals surface area contributed by atoms with E-state index in [2.05, 4.69) is 5.32 Å². The van der Waals surface area contributed by atoms with Crippen molar-refractivity contribution in [2.45, 2.75) is 54.5 Å². The number of nitrogens with two attached hydrogens (primary N) is 1. The summed E-state index contributed by atoms with van der Waals surface area (Å²) in [5, 5.41) is 13.2. The van der Waals surface area contributed by atoms with Crippen LogP contribution in [0.5, 0.6) is 0 Å². The number of benzene rings is 4. The number of nitrogens with zero attached hydrogens (tertiary/aromatic N) is 1.